The van der Waals surface area contributed by atoms with Gasteiger partial charge in [0.25, 0.3) is 0 Å². The van der Waals surface area contributed by atoms with Crippen molar-refractivity contribution < 1.29 is 0 Å². The molecule has 4 heteroatoms. The predicted octanol–water partition coefficient (Wildman–Crippen LogP) is 2.66. The zero-order valence-corrected chi connectivity index (χ0v) is 11.3. The van der Waals surface area contributed by atoms with E-state index >= 15 is 0 Å². The van der Waals surface area contributed by atoms with Gasteiger partial charge < -0.3 is 9.88 Å². The monoisotopic (exact) mass is 249 g/mol. The lowest BCUT2D eigenvalue weighted by Crippen LogP contribution is -2.03. The Morgan fingerprint density at radius 2 is 2.18 bits per heavy atom. The molecule has 0 radical (unpaired) electrons. The molecular weight excluding hydrogens is 230 g/mol. The summed E-state index contributed by atoms with van der Waals surface area (Å²) in [7, 11) is 1.98. The van der Waals surface area contributed by atoms with E-state index in [4.69, 9.17) is 0 Å². The van der Waals surface area contributed by atoms with Crippen molar-refractivity contribution in [3.63, 3.8) is 0 Å². The first-order valence-electron chi connectivity index (χ1n) is 6.05. The Balaban J connectivity index is 2.05. The number of aryl methyl sites for hydroxylation is 1. The number of nitrogens with zero attached hydrogens (tertiary/aromatic N) is 2. The third kappa shape index (κ3) is 3.17. The van der Waals surface area contributed by atoms with Gasteiger partial charge >= 0.3 is 0 Å². The van der Waals surface area contributed by atoms with Gasteiger partial charge in [0.05, 0.1) is 6.54 Å². The second-order valence-electron chi connectivity index (χ2n) is 4.12. The lowest BCUT2D eigenvalue weighted by atomic mass is 10.3. The normalized spacial score (nSPS) is 10.9. The van der Waals surface area contributed by atoms with Gasteiger partial charge in [0, 0.05) is 35.1 Å². The molecule has 0 aliphatic rings. The summed E-state index contributed by atoms with van der Waals surface area (Å²) < 4.78 is 2.25. The van der Waals surface area contributed by atoms with Gasteiger partial charge in [0.1, 0.15) is 5.82 Å². The first-order valence-corrected chi connectivity index (χ1v) is 6.87. The highest BCUT2D eigenvalue weighted by atomic mass is 32.1. The van der Waals surface area contributed by atoms with E-state index in [1.165, 1.54) is 15.6 Å². The van der Waals surface area contributed by atoms with Gasteiger partial charge in [0.2, 0.25) is 0 Å². The SMILES string of the molecule is CCCc1nccn1Cc1ccc(CNC)s1. The van der Waals surface area contributed by atoms with Crippen molar-refractivity contribution in [2.24, 2.45) is 0 Å². The van der Waals surface area contributed by atoms with Crippen LogP contribution in [0.15, 0.2) is 24.5 Å². The van der Waals surface area contributed by atoms with E-state index in [9.17, 15) is 0 Å². The van der Waals surface area contributed by atoms with Crippen LogP contribution in [0, 0.1) is 0 Å². The van der Waals surface area contributed by atoms with E-state index in [0.717, 1.165) is 25.9 Å². The molecule has 92 valence electrons. The third-order valence-electron chi connectivity index (χ3n) is 2.67. The molecule has 2 aromatic heterocycles. The fourth-order valence-electron chi connectivity index (χ4n) is 1.88. The minimum absolute atomic E-state index is 0.948. The maximum absolute atomic E-state index is 4.40. The Morgan fingerprint density at radius 1 is 1.35 bits per heavy atom. The van der Waals surface area contributed by atoms with Crippen LogP contribution in [0.5, 0.6) is 0 Å². The largest absolute Gasteiger partial charge is 0.330 e. The van der Waals surface area contributed by atoms with Gasteiger partial charge in [0.15, 0.2) is 0 Å². The summed E-state index contributed by atoms with van der Waals surface area (Å²) in [5.41, 5.74) is 0. The Kier molecular flexibility index (Phi) is 4.34. The molecule has 2 aromatic rings. The smallest absolute Gasteiger partial charge is 0.108 e. The zero-order valence-electron chi connectivity index (χ0n) is 10.4. The molecule has 3 nitrogen and oxygen atoms in total. The average molecular weight is 249 g/mol. The van der Waals surface area contributed by atoms with E-state index in [2.05, 4.69) is 40.1 Å². The number of rotatable bonds is 6. The van der Waals surface area contributed by atoms with Crippen LogP contribution in [0.4, 0.5) is 0 Å². The van der Waals surface area contributed by atoms with E-state index in [1.807, 2.05) is 24.6 Å². The van der Waals surface area contributed by atoms with Crippen molar-refractivity contribution in [2.45, 2.75) is 32.9 Å². The maximum Gasteiger partial charge on any atom is 0.108 e. The summed E-state index contributed by atoms with van der Waals surface area (Å²) in [5.74, 6) is 1.19. The molecule has 0 amide bonds. The minimum atomic E-state index is 0.948. The van der Waals surface area contributed by atoms with Crippen LogP contribution in [-0.2, 0) is 19.5 Å². The first kappa shape index (κ1) is 12.3. The van der Waals surface area contributed by atoms with Crippen LogP contribution < -0.4 is 5.32 Å². The molecule has 0 bridgehead atoms. The number of hydrogen-bond donors (Lipinski definition) is 1. The van der Waals surface area contributed by atoms with Crippen molar-refractivity contribution in [3.8, 4) is 0 Å². The molecule has 0 saturated carbocycles. The molecule has 0 aliphatic carbocycles. The maximum atomic E-state index is 4.40. The number of imidazole rings is 1. The topological polar surface area (TPSA) is 29.9 Å². The highest BCUT2D eigenvalue weighted by molar-refractivity contribution is 7.11. The fourth-order valence-corrected chi connectivity index (χ4v) is 2.91. The van der Waals surface area contributed by atoms with Crippen molar-refractivity contribution in [2.75, 3.05) is 7.05 Å². The molecule has 0 atom stereocenters. The summed E-state index contributed by atoms with van der Waals surface area (Å²) in [6.45, 7) is 4.09. The van der Waals surface area contributed by atoms with E-state index in [1.54, 1.807) is 0 Å². The van der Waals surface area contributed by atoms with Crippen LogP contribution in [0.1, 0.15) is 28.9 Å². The van der Waals surface area contributed by atoms with Gasteiger partial charge in [-0.3, -0.25) is 0 Å². The summed E-state index contributed by atoms with van der Waals surface area (Å²) in [6, 6.07) is 4.42. The fraction of sp³-hybridized carbons (Fsp3) is 0.462. The van der Waals surface area contributed by atoms with Gasteiger partial charge in [-0.2, -0.15) is 0 Å². The molecule has 0 saturated heterocycles. The van der Waals surface area contributed by atoms with Crippen LogP contribution in [-0.4, -0.2) is 16.6 Å². The molecule has 2 rings (SSSR count). The lowest BCUT2D eigenvalue weighted by Gasteiger charge is -2.04. The van der Waals surface area contributed by atoms with E-state index in [-0.39, 0.29) is 0 Å². The molecule has 2 heterocycles. The molecule has 17 heavy (non-hydrogen) atoms. The van der Waals surface area contributed by atoms with Gasteiger partial charge in [-0.1, -0.05) is 6.92 Å². The zero-order chi connectivity index (χ0) is 12.1. The Labute approximate surface area is 107 Å². The second kappa shape index (κ2) is 5.98. The lowest BCUT2D eigenvalue weighted by molar-refractivity contribution is 0.711. The average Bonchev–Trinajstić information content (AvgIpc) is 2.91. The summed E-state index contributed by atoms with van der Waals surface area (Å²) in [6.07, 6.45) is 6.17. The molecule has 0 unspecified atom stereocenters. The van der Waals surface area contributed by atoms with Gasteiger partial charge in [-0.05, 0) is 25.6 Å². The third-order valence-corrected chi connectivity index (χ3v) is 3.74. The van der Waals surface area contributed by atoms with Crippen molar-refractivity contribution in [1.29, 1.82) is 0 Å². The van der Waals surface area contributed by atoms with E-state index in [0.29, 0.717) is 0 Å². The highest BCUT2D eigenvalue weighted by Gasteiger charge is 2.04. The summed E-state index contributed by atoms with van der Waals surface area (Å²) in [4.78, 5) is 7.18. The highest BCUT2D eigenvalue weighted by Crippen LogP contribution is 2.18. The molecule has 0 aromatic carbocycles. The van der Waals surface area contributed by atoms with Gasteiger partial charge in [-0.25, -0.2) is 4.98 Å². The number of nitrogens with one attached hydrogen (secondary N) is 1. The number of thiophene rings is 1. The van der Waals surface area contributed by atoms with Crippen LogP contribution in [0.25, 0.3) is 0 Å². The van der Waals surface area contributed by atoms with Crippen molar-refractivity contribution in [1.82, 2.24) is 14.9 Å². The molecule has 0 spiro atoms. The predicted molar refractivity (Wildman–Crippen MR) is 72.4 cm³/mol. The van der Waals surface area contributed by atoms with Crippen molar-refractivity contribution >= 4 is 11.3 Å². The number of hydrogen-bond acceptors (Lipinski definition) is 3. The van der Waals surface area contributed by atoms with Gasteiger partial charge in [-0.15, -0.1) is 11.3 Å². The Morgan fingerprint density at radius 3 is 2.94 bits per heavy atom. The van der Waals surface area contributed by atoms with E-state index < -0.39 is 0 Å². The number of aromatic nitrogens is 2. The molecule has 1 N–H and O–H groups in total. The first-order chi connectivity index (χ1) is 8.33. The van der Waals surface area contributed by atoms with Crippen molar-refractivity contribution in [3.05, 3.63) is 40.1 Å². The summed E-state index contributed by atoms with van der Waals surface area (Å²) >= 11 is 1.87. The standard InChI is InChI=1S/C13H19N3S/c1-3-4-13-15-7-8-16(13)10-12-6-5-11(17-12)9-14-2/h5-8,14H,3-4,9-10H2,1-2H3. The second-order valence-corrected chi connectivity index (χ2v) is 5.37. The van der Waals surface area contributed by atoms with Crippen LogP contribution >= 0.6 is 11.3 Å². The Hall–Kier alpha value is -1.13. The molecule has 0 fully saturated rings. The Bertz CT molecular complexity index is 459. The van der Waals surface area contributed by atoms with Crippen LogP contribution in [0.3, 0.4) is 0 Å². The quantitative estimate of drug-likeness (QED) is 0.853. The minimum Gasteiger partial charge on any atom is -0.330 e. The molecular formula is C13H19N3S. The summed E-state index contributed by atoms with van der Waals surface area (Å²) in [5, 5.41) is 3.18. The van der Waals surface area contributed by atoms with Crippen LogP contribution in [0.2, 0.25) is 0 Å². The molecule has 0 aliphatic heterocycles.